The van der Waals surface area contributed by atoms with Gasteiger partial charge < -0.3 is 4.90 Å². The molecule has 2 aliphatic heterocycles. The summed E-state index contributed by atoms with van der Waals surface area (Å²) in [7, 11) is 0. The SMILES string of the molecule is Cc1cccc(CN2CCC[C@H](n3cc(C(=O)N4CCCC4)nn3)C2)c1. The zero-order chi connectivity index (χ0) is 17.9. The van der Waals surface area contributed by atoms with E-state index < -0.39 is 0 Å². The van der Waals surface area contributed by atoms with Crippen LogP contribution >= 0.6 is 0 Å². The molecular weight excluding hydrogens is 326 g/mol. The fraction of sp³-hybridized carbons (Fsp3) is 0.550. The lowest BCUT2D eigenvalue weighted by Gasteiger charge is -2.32. The smallest absolute Gasteiger partial charge is 0.276 e. The van der Waals surface area contributed by atoms with Crippen molar-refractivity contribution < 1.29 is 4.79 Å². The van der Waals surface area contributed by atoms with Crippen molar-refractivity contribution in [3.05, 3.63) is 47.3 Å². The quantitative estimate of drug-likeness (QED) is 0.848. The highest BCUT2D eigenvalue weighted by molar-refractivity contribution is 5.92. The van der Waals surface area contributed by atoms with Crippen LogP contribution in [-0.4, -0.2) is 56.9 Å². The van der Waals surface area contributed by atoms with Gasteiger partial charge in [0.15, 0.2) is 5.69 Å². The molecule has 2 saturated heterocycles. The number of carbonyl (C=O) groups is 1. The topological polar surface area (TPSA) is 54.3 Å². The van der Waals surface area contributed by atoms with Crippen LogP contribution in [0.25, 0.3) is 0 Å². The second-order valence-corrected chi connectivity index (χ2v) is 7.60. The second-order valence-electron chi connectivity index (χ2n) is 7.60. The molecule has 0 spiro atoms. The van der Waals surface area contributed by atoms with Crippen molar-refractivity contribution in [2.75, 3.05) is 26.2 Å². The number of rotatable bonds is 4. The van der Waals surface area contributed by atoms with Gasteiger partial charge in [-0.05, 0) is 44.7 Å². The molecule has 0 radical (unpaired) electrons. The predicted molar refractivity (Wildman–Crippen MR) is 99.9 cm³/mol. The Hall–Kier alpha value is -2.21. The lowest BCUT2D eigenvalue weighted by Crippen LogP contribution is -2.36. The molecule has 0 unspecified atom stereocenters. The number of aryl methyl sites for hydroxylation is 1. The monoisotopic (exact) mass is 353 g/mol. The molecule has 4 rings (SSSR count). The van der Waals surface area contributed by atoms with E-state index in [1.807, 2.05) is 15.8 Å². The van der Waals surface area contributed by atoms with E-state index in [-0.39, 0.29) is 5.91 Å². The zero-order valence-electron chi connectivity index (χ0n) is 15.5. The van der Waals surface area contributed by atoms with E-state index in [1.54, 1.807) is 0 Å². The average molecular weight is 353 g/mol. The third-order valence-electron chi connectivity index (χ3n) is 5.47. The van der Waals surface area contributed by atoms with Crippen LogP contribution in [0.1, 0.15) is 53.3 Å². The number of nitrogens with zero attached hydrogens (tertiary/aromatic N) is 5. The van der Waals surface area contributed by atoms with Crippen molar-refractivity contribution in [1.29, 1.82) is 0 Å². The van der Waals surface area contributed by atoms with Crippen molar-refractivity contribution in [1.82, 2.24) is 24.8 Å². The first-order chi connectivity index (χ1) is 12.7. The third-order valence-corrected chi connectivity index (χ3v) is 5.47. The normalized spacial score (nSPS) is 21.3. The number of likely N-dealkylation sites (tertiary alicyclic amines) is 2. The van der Waals surface area contributed by atoms with Gasteiger partial charge >= 0.3 is 0 Å². The van der Waals surface area contributed by atoms with Gasteiger partial charge in [-0.3, -0.25) is 9.69 Å². The van der Waals surface area contributed by atoms with E-state index in [9.17, 15) is 4.79 Å². The molecule has 0 aliphatic carbocycles. The molecule has 0 saturated carbocycles. The van der Waals surface area contributed by atoms with Gasteiger partial charge in [-0.25, -0.2) is 4.68 Å². The van der Waals surface area contributed by atoms with Gasteiger partial charge in [0.25, 0.3) is 5.91 Å². The number of carbonyl (C=O) groups excluding carboxylic acids is 1. The van der Waals surface area contributed by atoms with Gasteiger partial charge in [-0.1, -0.05) is 35.0 Å². The Morgan fingerprint density at radius 2 is 2.04 bits per heavy atom. The van der Waals surface area contributed by atoms with Crippen LogP contribution in [0.2, 0.25) is 0 Å². The summed E-state index contributed by atoms with van der Waals surface area (Å²) in [6.45, 7) is 6.86. The molecule has 1 aromatic heterocycles. The van der Waals surface area contributed by atoms with E-state index in [4.69, 9.17) is 0 Å². The maximum absolute atomic E-state index is 12.5. The van der Waals surface area contributed by atoms with Crippen LogP contribution in [-0.2, 0) is 6.54 Å². The Balaban J connectivity index is 1.40. The summed E-state index contributed by atoms with van der Waals surface area (Å²) in [6, 6.07) is 9.00. The number of piperidine rings is 1. The minimum Gasteiger partial charge on any atom is -0.337 e. The van der Waals surface area contributed by atoms with E-state index >= 15 is 0 Å². The van der Waals surface area contributed by atoms with Gasteiger partial charge in [-0.15, -0.1) is 5.10 Å². The highest BCUT2D eigenvalue weighted by atomic mass is 16.2. The molecule has 2 fully saturated rings. The highest BCUT2D eigenvalue weighted by Crippen LogP contribution is 2.23. The summed E-state index contributed by atoms with van der Waals surface area (Å²) >= 11 is 0. The molecule has 2 aromatic rings. The summed E-state index contributed by atoms with van der Waals surface area (Å²) in [4.78, 5) is 16.8. The number of benzene rings is 1. The second kappa shape index (κ2) is 7.58. The Bertz CT molecular complexity index is 765. The first-order valence-electron chi connectivity index (χ1n) is 9.68. The molecule has 2 aliphatic rings. The van der Waals surface area contributed by atoms with E-state index in [0.717, 1.165) is 58.4 Å². The molecular formula is C20H27N5O. The standard InChI is InChI=1S/C20H27N5O/c1-16-6-4-7-17(12-16)13-23-9-5-8-18(14-23)25-15-19(21-22-25)20(26)24-10-2-3-11-24/h4,6-7,12,15,18H,2-3,5,8-11,13-14H2,1H3/t18-/m0/s1. The van der Waals surface area contributed by atoms with Gasteiger partial charge in [0, 0.05) is 26.2 Å². The molecule has 1 atom stereocenters. The lowest BCUT2D eigenvalue weighted by molar-refractivity contribution is 0.0787. The molecule has 3 heterocycles. The fourth-order valence-corrected chi connectivity index (χ4v) is 4.09. The minimum atomic E-state index is 0.0289. The Morgan fingerprint density at radius 1 is 1.19 bits per heavy atom. The van der Waals surface area contributed by atoms with Crippen LogP contribution in [0.15, 0.2) is 30.5 Å². The number of amides is 1. The van der Waals surface area contributed by atoms with E-state index in [2.05, 4.69) is 46.4 Å². The lowest BCUT2D eigenvalue weighted by atomic mass is 10.0. The zero-order valence-corrected chi connectivity index (χ0v) is 15.5. The van der Waals surface area contributed by atoms with E-state index in [1.165, 1.54) is 11.1 Å². The maximum Gasteiger partial charge on any atom is 0.276 e. The van der Waals surface area contributed by atoms with Crippen molar-refractivity contribution in [2.45, 2.75) is 45.2 Å². The number of aromatic nitrogens is 3. The maximum atomic E-state index is 12.5. The summed E-state index contributed by atoms with van der Waals surface area (Å²) in [5.41, 5.74) is 3.15. The van der Waals surface area contributed by atoms with Gasteiger partial charge in [0.2, 0.25) is 0 Å². The molecule has 138 valence electrons. The van der Waals surface area contributed by atoms with Crippen LogP contribution in [0.4, 0.5) is 0 Å². The number of hydrogen-bond acceptors (Lipinski definition) is 4. The van der Waals surface area contributed by atoms with Gasteiger partial charge in [-0.2, -0.15) is 0 Å². The Kier molecular flexibility index (Phi) is 5.02. The third kappa shape index (κ3) is 3.80. The van der Waals surface area contributed by atoms with Crippen LogP contribution < -0.4 is 0 Å². The predicted octanol–water partition coefficient (Wildman–Crippen LogP) is 2.66. The largest absolute Gasteiger partial charge is 0.337 e. The summed E-state index contributed by atoms with van der Waals surface area (Å²) in [6.07, 6.45) is 6.27. The van der Waals surface area contributed by atoms with Crippen molar-refractivity contribution >= 4 is 5.91 Å². The highest BCUT2D eigenvalue weighted by Gasteiger charge is 2.26. The summed E-state index contributed by atoms with van der Waals surface area (Å²) < 4.78 is 1.91. The van der Waals surface area contributed by atoms with E-state index in [0.29, 0.717) is 11.7 Å². The molecule has 6 heteroatoms. The van der Waals surface area contributed by atoms with Gasteiger partial charge in [0.1, 0.15) is 0 Å². The molecule has 6 nitrogen and oxygen atoms in total. The van der Waals surface area contributed by atoms with Crippen molar-refractivity contribution in [3.63, 3.8) is 0 Å². The fourth-order valence-electron chi connectivity index (χ4n) is 4.09. The average Bonchev–Trinajstić information content (AvgIpc) is 3.34. The van der Waals surface area contributed by atoms with Crippen LogP contribution in [0.5, 0.6) is 0 Å². The van der Waals surface area contributed by atoms with Crippen LogP contribution in [0.3, 0.4) is 0 Å². The minimum absolute atomic E-state index is 0.0289. The van der Waals surface area contributed by atoms with Crippen molar-refractivity contribution in [2.24, 2.45) is 0 Å². The number of hydrogen-bond donors (Lipinski definition) is 0. The Labute approximate surface area is 154 Å². The van der Waals surface area contributed by atoms with Crippen LogP contribution in [0, 0.1) is 6.92 Å². The summed E-state index contributed by atoms with van der Waals surface area (Å²) in [5, 5.41) is 8.44. The Morgan fingerprint density at radius 3 is 2.85 bits per heavy atom. The molecule has 0 N–H and O–H groups in total. The molecule has 0 bridgehead atoms. The molecule has 26 heavy (non-hydrogen) atoms. The first-order valence-corrected chi connectivity index (χ1v) is 9.68. The van der Waals surface area contributed by atoms with Crippen molar-refractivity contribution in [3.8, 4) is 0 Å². The summed E-state index contributed by atoms with van der Waals surface area (Å²) in [5.74, 6) is 0.0289. The van der Waals surface area contributed by atoms with Gasteiger partial charge in [0.05, 0.1) is 12.2 Å². The molecule has 1 amide bonds. The first kappa shape index (κ1) is 17.2. The molecule has 1 aromatic carbocycles.